The number of likely N-dealkylation sites (tertiary alicyclic amines) is 1. The Balaban J connectivity index is 1.35. The second-order valence-corrected chi connectivity index (χ2v) is 13.2. The number of rotatable bonds is 4. The van der Waals surface area contributed by atoms with E-state index in [0.29, 0.717) is 42.9 Å². The van der Waals surface area contributed by atoms with Gasteiger partial charge in [-0.2, -0.15) is 23.5 Å². The highest BCUT2D eigenvalue weighted by atomic mass is 19.4. The Hall–Kier alpha value is -5.32. The quantitative estimate of drug-likeness (QED) is 0.291. The second-order valence-electron chi connectivity index (χ2n) is 13.2. The van der Waals surface area contributed by atoms with Crippen LogP contribution in [-0.2, 0) is 10.9 Å². The van der Waals surface area contributed by atoms with Gasteiger partial charge in [-0.25, -0.2) is 23.6 Å². The van der Waals surface area contributed by atoms with Crippen LogP contribution in [0.3, 0.4) is 0 Å². The molecule has 0 unspecified atom stereocenters. The minimum atomic E-state index is -4.65. The van der Waals surface area contributed by atoms with E-state index in [-0.39, 0.29) is 41.0 Å². The molecule has 14 heteroatoms. The fourth-order valence-corrected chi connectivity index (χ4v) is 6.72. The van der Waals surface area contributed by atoms with Crippen molar-refractivity contribution < 1.29 is 27.5 Å². The summed E-state index contributed by atoms with van der Waals surface area (Å²) in [6, 6.07) is 13.5. The number of hydrogen-bond donors (Lipinski definition) is 1. The number of nitriles is 1. The lowest BCUT2D eigenvalue weighted by atomic mass is 10.0. The summed E-state index contributed by atoms with van der Waals surface area (Å²) in [7, 11) is 0. The van der Waals surface area contributed by atoms with Gasteiger partial charge in [-0.15, -0.1) is 0 Å². The molecule has 4 aromatic rings. The molecule has 0 bridgehead atoms. The Bertz CT molecular complexity index is 1970. The van der Waals surface area contributed by atoms with Crippen molar-refractivity contribution in [1.82, 2.24) is 29.1 Å². The van der Waals surface area contributed by atoms with E-state index in [4.69, 9.17) is 4.74 Å². The van der Waals surface area contributed by atoms with Gasteiger partial charge in [0, 0.05) is 19.1 Å². The van der Waals surface area contributed by atoms with Gasteiger partial charge in [0.1, 0.15) is 11.3 Å². The van der Waals surface area contributed by atoms with Crippen LogP contribution in [0.2, 0.25) is 0 Å². The number of benzene rings is 2. The molecular formula is C34H34F3N7O4. The summed E-state index contributed by atoms with van der Waals surface area (Å²) in [6.07, 6.45) is -2.38. The molecule has 1 N–H and O–H groups in total. The van der Waals surface area contributed by atoms with Crippen molar-refractivity contribution in [3.8, 4) is 28.8 Å². The second kappa shape index (κ2) is 12.0. The van der Waals surface area contributed by atoms with Crippen LogP contribution in [0.25, 0.3) is 22.8 Å². The molecule has 250 valence electrons. The standard InChI is InChI=1S/C34H34F3N7O4/c1-20-29(28-12-13-39-44(28)26-10-8-21(17-38)9-11-26)43(31(46)42(20)27-7-5-6-24(16-27)34(35,36)37)30(45)40-25-14-22-18-41(19-23(22)15-25)32(47)48-33(2,3)4/h5-13,16,22-23,25H,14-15,18-19H2,1-4H3,(H,40,45)/t22-,23+,25-. The number of nitrogens with zero attached hydrogens (tertiary/aromatic N) is 6. The molecule has 6 rings (SSSR count). The fraction of sp³-hybridized carbons (Fsp3) is 0.382. The maximum atomic E-state index is 14.1. The van der Waals surface area contributed by atoms with Crippen molar-refractivity contribution in [2.24, 2.45) is 11.8 Å². The van der Waals surface area contributed by atoms with Crippen molar-refractivity contribution in [3.63, 3.8) is 0 Å². The third-order valence-electron chi connectivity index (χ3n) is 8.78. The van der Waals surface area contributed by atoms with Gasteiger partial charge in [0.05, 0.1) is 46.2 Å². The maximum Gasteiger partial charge on any atom is 0.416 e. The first-order chi connectivity index (χ1) is 22.6. The number of carbonyl (C=O) groups is 2. The number of carbonyl (C=O) groups excluding carboxylic acids is 2. The molecule has 1 aliphatic heterocycles. The first kappa shape index (κ1) is 32.6. The van der Waals surface area contributed by atoms with Gasteiger partial charge in [0.15, 0.2) is 0 Å². The number of aromatic nitrogens is 4. The number of halogens is 3. The molecule has 2 amide bonds. The molecule has 48 heavy (non-hydrogen) atoms. The Morgan fingerprint density at radius 3 is 2.27 bits per heavy atom. The first-order valence-corrected chi connectivity index (χ1v) is 15.5. The average Bonchev–Trinajstić information content (AvgIpc) is 3.78. The van der Waals surface area contributed by atoms with Gasteiger partial charge >= 0.3 is 24.0 Å². The number of imidazole rings is 1. The van der Waals surface area contributed by atoms with Crippen molar-refractivity contribution in [3.05, 3.63) is 88.1 Å². The van der Waals surface area contributed by atoms with E-state index >= 15 is 0 Å². The molecule has 2 aliphatic rings. The molecule has 2 fully saturated rings. The predicted octanol–water partition coefficient (Wildman–Crippen LogP) is 5.89. The van der Waals surface area contributed by atoms with Crippen LogP contribution in [0.4, 0.5) is 22.8 Å². The van der Waals surface area contributed by atoms with E-state index in [1.165, 1.54) is 23.0 Å². The summed E-state index contributed by atoms with van der Waals surface area (Å²) >= 11 is 0. The van der Waals surface area contributed by atoms with Crippen LogP contribution in [0.15, 0.2) is 65.6 Å². The molecule has 0 spiro atoms. The average molecular weight is 662 g/mol. The van der Waals surface area contributed by atoms with E-state index in [1.54, 1.807) is 42.2 Å². The number of nitrogens with one attached hydrogen (secondary N) is 1. The lowest BCUT2D eigenvalue weighted by Crippen LogP contribution is -2.42. The Morgan fingerprint density at radius 2 is 1.67 bits per heavy atom. The Morgan fingerprint density at radius 1 is 1.00 bits per heavy atom. The largest absolute Gasteiger partial charge is 0.444 e. The number of fused-ring (bicyclic) bond motifs is 1. The van der Waals surface area contributed by atoms with E-state index in [2.05, 4.69) is 16.5 Å². The lowest BCUT2D eigenvalue weighted by molar-refractivity contribution is -0.137. The molecule has 2 aromatic carbocycles. The molecule has 1 saturated heterocycles. The maximum absolute atomic E-state index is 14.1. The topological polar surface area (TPSA) is 127 Å². The highest BCUT2D eigenvalue weighted by Crippen LogP contribution is 2.39. The van der Waals surface area contributed by atoms with Crippen LogP contribution >= 0.6 is 0 Å². The highest BCUT2D eigenvalue weighted by molar-refractivity contribution is 5.83. The Labute approximate surface area is 274 Å². The number of alkyl halides is 3. The van der Waals surface area contributed by atoms with Gasteiger partial charge < -0.3 is 15.0 Å². The molecular weight excluding hydrogens is 627 g/mol. The van der Waals surface area contributed by atoms with Crippen LogP contribution in [0.1, 0.15) is 50.4 Å². The Kier molecular flexibility index (Phi) is 8.18. The highest BCUT2D eigenvalue weighted by Gasteiger charge is 2.44. The van der Waals surface area contributed by atoms with E-state index < -0.39 is 29.1 Å². The minimum Gasteiger partial charge on any atom is -0.444 e. The van der Waals surface area contributed by atoms with Gasteiger partial charge in [-0.05, 0) is 101 Å². The molecule has 2 aromatic heterocycles. The smallest absolute Gasteiger partial charge is 0.416 e. The third kappa shape index (κ3) is 6.20. The summed E-state index contributed by atoms with van der Waals surface area (Å²) in [6.45, 7) is 7.97. The number of amides is 2. The van der Waals surface area contributed by atoms with E-state index in [0.717, 1.165) is 21.3 Å². The SMILES string of the molecule is Cc1c(-c2ccnn2-c2ccc(C#N)cc2)n(C(=O)N[C@@H]2C[C@@H]3CN(C(=O)OC(C)(C)C)C[C@@H]3C2)c(=O)n1-c1cccc(C(F)(F)F)c1. The summed E-state index contributed by atoms with van der Waals surface area (Å²) in [5.41, 5.74) is -0.787. The van der Waals surface area contributed by atoms with Crippen molar-refractivity contribution >= 4 is 12.1 Å². The molecule has 0 radical (unpaired) electrons. The molecule has 3 atom stereocenters. The fourth-order valence-electron chi connectivity index (χ4n) is 6.72. The lowest BCUT2D eigenvalue weighted by Gasteiger charge is -2.25. The molecule has 1 saturated carbocycles. The minimum absolute atomic E-state index is 0.0535. The van der Waals surface area contributed by atoms with Gasteiger partial charge in [0.2, 0.25) is 0 Å². The summed E-state index contributed by atoms with van der Waals surface area (Å²) in [5, 5.41) is 16.6. The van der Waals surface area contributed by atoms with Crippen molar-refractivity contribution in [2.75, 3.05) is 13.1 Å². The number of hydrogen-bond acceptors (Lipinski definition) is 6. The van der Waals surface area contributed by atoms with Crippen LogP contribution in [0, 0.1) is 30.1 Å². The molecule has 3 heterocycles. The zero-order valence-corrected chi connectivity index (χ0v) is 26.8. The van der Waals surface area contributed by atoms with Gasteiger partial charge in [-0.3, -0.25) is 4.57 Å². The number of ether oxygens (including phenoxy) is 1. The van der Waals surface area contributed by atoms with Crippen LogP contribution in [0.5, 0.6) is 0 Å². The predicted molar refractivity (Wildman–Crippen MR) is 169 cm³/mol. The van der Waals surface area contributed by atoms with Crippen molar-refractivity contribution in [2.45, 2.75) is 58.4 Å². The van der Waals surface area contributed by atoms with Gasteiger partial charge in [-0.1, -0.05) is 6.07 Å². The van der Waals surface area contributed by atoms with Gasteiger partial charge in [0.25, 0.3) is 0 Å². The van der Waals surface area contributed by atoms with Crippen LogP contribution in [-0.4, -0.2) is 60.7 Å². The summed E-state index contributed by atoms with van der Waals surface area (Å²) < 4.78 is 50.0. The third-order valence-corrected chi connectivity index (χ3v) is 8.78. The zero-order valence-electron chi connectivity index (χ0n) is 26.8. The normalized spacial score (nSPS) is 19.2. The summed E-state index contributed by atoms with van der Waals surface area (Å²) in [4.78, 5) is 42.5. The van der Waals surface area contributed by atoms with E-state index in [1.807, 2.05) is 20.8 Å². The van der Waals surface area contributed by atoms with E-state index in [9.17, 15) is 32.8 Å². The first-order valence-electron chi connectivity index (χ1n) is 15.5. The zero-order chi connectivity index (χ0) is 34.5. The molecule has 11 nitrogen and oxygen atoms in total. The monoisotopic (exact) mass is 661 g/mol. The van der Waals surface area contributed by atoms with Crippen LogP contribution < -0.4 is 11.0 Å². The summed E-state index contributed by atoms with van der Waals surface area (Å²) in [5.74, 6) is 0.265. The van der Waals surface area contributed by atoms with Crippen molar-refractivity contribution in [1.29, 1.82) is 5.26 Å². The molecule has 1 aliphatic carbocycles.